The minimum absolute atomic E-state index is 0.107. The van der Waals surface area contributed by atoms with Gasteiger partial charge in [0.05, 0.1) is 40.8 Å². The molecule has 9 rings (SSSR count). The summed E-state index contributed by atoms with van der Waals surface area (Å²) in [7, 11) is 0. The summed E-state index contributed by atoms with van der Waals surface area (Å²) < 4.78 is 38.5. The Morgan fingerprint density at radius 3 is 2.66 bits per heavy atom. The number of nitriles is 1. The summed E-state index contributed by atoms with van der Waals surface area (Å²) in [5.74, 6) is 0.165. The van der Waals surface area contributed by atoms with Crippen molar-refractivity contribution in [2.24, 2.45) is 0 Å². The van der Waals surface area contributed by atoms with Crippen LogP contribution in [0.25, 0.3) is 32.2 Å². The largest absolute Gasteiger partial charge is 0.389 e. The van der Waals surface area contributed by atoms with Gasteiger partial charge in [-0.05, 0) is 43.4 Å². The molecular formula is C31H31F2N9OS. The van der Waals surface area contributed by atoms with Gasteiger partial charge in [0.25, 0.3) is 0 Å². The Balaban J connectivity index is 1.32. The van der Waals surface area contributed by atoms with Gasteiger partial charge in [-0.1, -0.05) is 0 Å². The SMILES string of the molecule is N#Cc1c(N)sc2c(F)cnc(-c3c4c(c5c(N6C7CCC6CNC7)nc(N6CCN7CCC[C@H]7C6)nc5c3F)COC4)c12. The van der Waals surface area contributed by atoms with Crippen LogP contribution < -0.4 is 20.9 Å². The number of hydrogen-bond donors (Lipinski definition) is 2. The van der Waals surface area contributed by atoms with Gasteiger partial charge in [0.1, 0.15) is 22.4 Å². The van der Waals surface area contributed by atoms with E-state index in [9.17, 15) is 9.65 Å². The van der Waals surface area contributed by atoms with Gasteiger partial charge in [0.15, 0.2) is 11.6 Å². The Morgan fingerprint density at radius 2 is 1.84 bits per heavy atom. The Morgan fingerprint density at radius 1 is 1.02 bits per heavy atom. The second kappa shape index (κ2) is 9.90. The molecule has 5 aliphatic heterocycles. The second-order valence-corrected chi connectivity index (χ2v) is 13.6. The molecule has 3 aromatic heterocycles. The number of nitrogens with one attached hydrogen (secondary N) is 1. The average molecular weight is 616 g/mol. The quantitative estimate of drug-likeness (QED) is 0.351. The summed E-state index contributed by atoms with van der Waals surface area (Å²) in [5.41, 5.74) is 8.33. The fraction of sp³-hybridized carbons (Fsp3) is 0.484. The van der Waals surface area contributed by atoms with Crippen molar-refractivity contribution in [3.63, 3.8) is 0 Å². The van der Waals surface area contributed by atoms with Gasteiger partial charge in [0, 0.05) is 61.8 Å². The molecule has 226 valence electrons. The van der Waals surface area contributed by atoms with E-state index in [2.05, 4.69) is 31.1 Å². The second-order valence-electron chi connectivity index (χ2n) is 12.6. The zero-order chi connectivity index (χ0) is 29.7. The van der Waals surface area contributed by atoms with Crippen molar-refractivity contribution in [1.29, 1.82) is 5.26 Å². The number of rotatable bonds is 3. The molecule has 44 heavy (non-hydrogen) atoms. The van der Waals surface area contributed by atoms with Crippen LogP contribution in [0.15, 0.2) is 6.20 Å². The first kappa shape index (κ1) is 26.7. The lowest BCUT2D eigenvalue weighted by atomic mass is 9.93. The number of hydrogen-bond acceptors (Lipinski definition) is 11. The predicted octanol–water partition coefficient (Wildman–Crippen LogP) is 3.89. The van der Waals surface area contributed by atoms with Crippen LogP contribution in [0.5, 0.6) is 0 Å². The van der Waals surface area contributed by atoms with Crippen molar-refractivity contribution in [2.75, 3.05) is 54.8 Å². The van der Waals surface area contributed by atoms with E-state index in [0.29, 0.717) is 22.9 Å². The van der Waals surface area contributed by atoms with Crippen molar-refractivity contribution < 1.29 is 13.5 Å². The molecular weight excluding hydrogens is 584 g/mol. The number of pyridine rings is 1. The lowest BCUT2D eigenvalue weighted by Gasteiger charge is -2.39. The molecule has 1 aromatic carbocycles. The number of fused-ring (bicyclic) bond motifs is 7. The van der Waals surface area contributed by atoms with Crippen LogP contribution in [-0.4, -0.2) is 77.2 Å². The number of benzene rings is 1. The highest BCUT2D eigenvalue weighted by Crippen LogP contribution is 2.48. The molecule has 5 aliphatic rings. The number of aromatic nitrogens is 3. The Kier molecular flexibility index (Phi) is 6.00. The summed E-state index contributed by atoms with van der Waals surface area (Å²) in [6, 6.07) is 3.06. The van der Waals surface area contributed by atoms with Gasteiger partial charge in [-0.2, -0.15) is 10.2 Å². The molecule has 0 amide bonds. The van der Waals surface area contributed by atoms with Crippen molar-refractivity contribution in [2.45, 2.75) is 57.0 Å². The van der Waals surface area contributed by atoms with Gasteiger partial charge >= 0.3 is 0 Å². The lowest BCUT2D eigenvalue weighted by molar-refractivity contribution is 0.135. The van der Waals surface area contributed by atoms with E-state index in [1.807, 2.05) is 0 Å². The number of halogens is 2. The molecule has 13 heteroatoms. The standard InChI is InChI=1S/C31H31F2N9OS/c32-21-11-37-26(23-18(8-34)29(35)44-28(21)23)22-19-13-43-14-20(19)24-27(25(22)33)38-31(41-7-6-40-5-1-2-17(40)12-41)39-30(24)42-15-3-4-16(42)10-36-9-15/h11,15-17,36H,1-7,9-10,12-14,35H2/t15?,16?,17-/m0/s1. The van der Waals surface area contributed by atoms with Crippen LogP contribution in [0.3, 0.4) is 0 Å². The van der Waals surface area contributed by atoms with E-state index >= 15 is 4.39 Å². The van der Waals surface area contributed by atoms with E-state index in [1.165, 1.54) is 6.42 Å². The smallest absolute Gasteiger partial charge is 0.228 e. The molecule has 2 bridgehead atoms. The monoisotopic (exact) mass is 615 g/mol. The first-order valence-corrected chi connectivity index (χ1v) is 16.2. The van der Waals surface area contributed by atoms with E-state index in [0.717, 1.165) is 87.4 Å². The molecule has 4 saturated heterocycles. The van der Waals surface area contributed by atoms with Crippen molar-refractivity contribution in [1.82, 2.24) is 25.2 Å². The highest BCUT2D eigenvalue weighted by atomic mass is 32.1. The Bertz CT molecular complexity index is 1890. The van der Waals surface area contributed by atoms with Crippen LogP contribution in [-0.2, 0) is 18.0 Å². The van der Waals surface area contributed by atoms with Crippen LogP contribution in [0.4, 0.5) is 25.5 Å². The third-order valence-electron chi connectivity index (χ3n) is 10.3. The minimum atomic E-state index is -0.594. The lowest BCUT2D eigenvalue weighted by Crippen LogP contribution is -2.53. The maximum Gasteiger partial charge on any atom is 0.228 e. The molecule has 4 fully saturated rings. The molecule has 0 radical (unpaired) electrons. The number of nitrogens with two attached hydrogens (primary N) is 1. The number of piperazine rings is 2. The topological polar surface area (TPSA) is 119 Å². The van der Waals surface area contributed by atoms with Gasteiger partial charge in [-0.3, -0.25) is 9.88 Å². The molecule has 4 aromatic rings. The minimum Gasteiger partial charge on any atom is -0.389 e. The Labute approximate surface area is 256 Å². The van der Waals surface area contributed by atoms with Crippen LogP contribution in [0, 0.1) is 23.0 Å². The third-order valence-corrected chi connectivity index (χ3v) is 11.3. The van der Waals surface area contributed by atoms with E-state index in [4.69, 9.17) is 20.4 Å². The molecule has 2 unspecified atom stereocenters. The van der Waals surface area contributed by atoms with Crippen molar-refractivity contribution in [3.05, 3.63) is 34.5 Å². The maximum absolute atomic E-state index is 17.4. The molecule has 0 aliphatic carbocycles. The molecule has 0 saturated carbocycles. The van der Waals surface area contributed by atoms with Crippen molar-refractivity contribution in [3.8, 4) is 17.3 Å². The maximum atomic E-state index is 17.4. The molecule has 3 atom stereocenters. The Hall–Kier alpha value is -3.70. The predicted molar refractivity (Wildman–Crippen MR) is 165 cm³/mol. The fourth-order valence-corrected chi connectivity index (χ4v) is 9.18. The van der Waals surface area contributed by atoms with Gasteiger partial charge in [0.2, 0.25) is 5.95 Å². The summed E-state index contributed by atoms with van der Waals surface area (Å²) in [6.45, 7) is 5.78. The van der Waals surface area contributed by atoms with E-state index < -0.39 is 11.6 Å². The number of thiophene rings is 1. The zero-order valence-corrected chi connectivity index (χ0v) is 24.9. The number of anilines is 3. The normalized spacial score (nSPS) is 24.8. The van der Waals surface area contributed by atoms with Gasteiger partial charge in [-0.15, -0.1) is 11.3 Å². The molecule has 8 heterocycles. The molecule has 3 N–H and O–H groups in total. The van der Waals surface area contributed by atoms with Crippen LogP contribution in [0.1, 0.15) is 42.4 Å². The highest BCUT2D eigenvalue weighted by Gasteiger charge is 2.41. The van der Waals surface area contributed by atoms with Crippen LogP contribution in [0.2, 0.25) is 0 Å². The van der Waals surface area contributed by atoms with Gasteiger partial charge < -0.3 is 25.6 Å². The van der Waals surface area contributed by atoms with Gasteiger partial charge in [-0.25, -0.2) is 13.8 Å². The number of nitrogens with zero attached hydrogens (tertiary/aromatic N) is 7. The first-order valence-electron chi connectivity index (χ1n) is 15.4. The highest BCUT2D eigenvalue weighted by molar-refractivity contribution is 7.23. The zero-order valence-electron chi connectivity index (χ0n) is 24.1. The summed E-state index contributed by atoms with van der Waals surface area (Å²) in [6.07, 6.45) is 5.50. The first-order chi connectivity index (χ1) is 21.5. The molecule has 0 spiro atoms. The number of nitrogen functional groups attached to an aromatic ring is 1. The summed E-state index contributed by atoms with van der Waals surface area (Å²) >= 11 is 0.977. The van der Waals surface area contributed by atoms with Crippen LogP contribution >= 0.6 is 11.3 Å². The summed E-state index contributed by atoms with van der Waals surface area (Å²) in [4.78, 5) is 21.8. The molecule has 10 nitrogen and oxygen atoms in total. The van der Waals surface area contributed by atoms with E-state index in [1.54, 1.807) is 0 Å². The van der Waals surface area contributed by atoms with Crippen molar-refractivity contribution >= 4 is 49.1 Å². The average Bonchev–Trinajstić information content (AvgIpc) is 3.82. The summed E-state index contributed by atoms with van der Waals surface area (Å²) in [5, 5.41) is 14.6. The fourth-order valence-electron chi connectivity index (χ4n) is 8.26. The number of ether oxygens (including phenoxy) is 1. The third kappa shape index (κ3) is 3.74. The van der Waals surface area contributed by atoms with E-state index in [-0.39, 0.29) is 62.7 Å².